The topological polar surface area (TPSA) is 80.1 Å². The van der Waals surface area contributed by atoms with Crippen LogP contribution in [0.2, 0.25) is 0 Å². The summed E-state index contributed by atoms with van der Waals surface area (Å²) in [5, 5.41) is 18.7. The summed E-state index contributed by atoms with van der Waals surface area (Å²) in [6.45, 7) is 13.3. The number of nitro groups is 1. The number of unbranched alkanes of at least 4 members (excludes halogenated alkanes) is 1. The summed E-state index contributed by atoms with van der Waals surface area (Å²) in [4.78, 5) is 16.4. The van der Waals surface area contributed by atoms with E-state index in [1.165, 1.54) is 0 Å². The number of aryl methyl sites for hydroxylation is 1. The van der Waals surface area contributed by atoms with E-state index in [-0.39, 0.29) is 21.6 Å². The van der Waals surface area contributed by atoms with Crippen molar-refractivity contribution in [3.63, 3.8) is 0 Å². The molecule has 0 radical (unpaired) electrons. The van der Waals surface area contributed by atoms with Crippen LogP contribution in [0.5, 0.6) is 0 Å². The van der Waals surface area contributed by atoms with Crippen molar-refractivity contribution in [2.24, 2.45) is 5.41 Å². The minimum absolute atomic E-state index is 0.00756. The first-order valence-electron chi connectivity index (χ1n) is 10.7. The number of nitrogens with zero attached hydrogens (tertiary/aromatic N) is 2. The Morgan fingerprint density at radius 3 is 2.33 bits per heavy atom. The summed E-state index contributed by atoms with van der Waals surface area (Å²) in [7, 11) is 0. The van der Waals surface area contributed by atoms with Crippen LogP contribution >= 0.6 is 0 Å². The molecule has 0 bridgehead atoms. The van der Waals surface area contributed by atoms with Gasteiger partial charge >= 0.3 is 5.69 Å². The standard InChI is InChI=1S/C24H36N4O2/c1-7-8-14-19-15-20(25-16-18-12-10-9-11-13-18)21(28(29)30)22(26-19)27-24(5,6)17-23(2,3)4/h9-13,15H,7-8,14,16-17H2,1-6H3,(H2,25,26,27). The van der Waals surface area contributed by atoms with Crippen molar-refractivity contribution in [3.8, 4) is 0 Å². The van der Waals surface area contributed by atoms with Gasteiger partial charge in [0.15, 0.2) is 0 Å². The Labute approximate surface area is 180 Å². The van der Waals surface area contributed by atoms with Crippen LogP contribution in [-0.4, -0.2) is 15.4 Å². The Balaban J connectivity index is 2.43. The van der Waals surface area contributed by atoms with Crippen molar-refractivity contribution in [2.75, 3.05) is 10.6 Å². The average molecular weight is 413 g/mol. The lowest BCUT2D eigenvalue weighted by Crippen LogP contribution is -2.36. The molecule has 1 aromatic carbocycles. The van der Waals surface area contributed by atoms with E-state index in [9.17, 15) is 10.1 Å². The SMILES string of the molecule is CCCCc1cc(NCc2ccccc2)c([N+](=O)[O-])c(NC(C)(C)CC(C)(C)C)n1. The Morgan fingerprint density at radius 1 is 1.10 bits per heavy atom. The maximum absolute atomic E-state index is 12.0. The van der Waals surface area contributed by atoms with E-state index in [1.807, 2.05) is 36.4 Å². The molecule has 0 unspecified atom stereocenters. The molecule has 30 heavy (non-hydrogen) atoms. The van der Waals surface area contributed by atoms with Crippen LogP contribution in [0.4, 0.5) is 17.2 Å². The normalized spacial score (nSPS) is 11.9. The molecule has 1 aromatic heterocycles. The van der Waals surface area contributed by atoms with Crippen molar-refractivity contribution in [2.45, 2.75) is 79.3 Å². The maximum atomic E-state index is 12.0. The van der Waals surface area contributed by atoms with Gasteiger partial charge in [0.1, 0.15) is 5.69 Å². The van der Waals surface area contributed by atoms with E-state index < -0.39 is 0 Å². The van der Waals surface area contributed by atoms with Gasteiger partial charge in [0, 0.05) is 17.8 Å². The zero-order valence-electron chi connectivity index (χ0n) is 19.2. The number of anilines is 2. The molecule has 164 valence electrons. The Hall–Kier alpha value is -2.63. The Bertz CT molecular complexity index is 842. The van der Waals surface area contributed by atoms with E-state index in [4.69, 9.17) is 0 Å². The van der Waals surface area contributed by atoms with Gasteiger partial charge in [-0.1, -0.05) is 64.4 Å². The molecular formula is C24H36N4O2. The van der Waals surface area contributed by atoms with Gasteiger partial charge in [-0.25, -0.2) is 4.98 Å². The van der Waals surface area contributed by atoms with E-state index in [1.54, 1.807) is 0 Å². The predicted octanol–water partition coefficient (Wildman–Crippen LogP) is 6.57. The second kappa shape index (κ2) is 9.92. The lowest BCUT2D eigenvalue weighted by Gasteiger charge is -2.33. The van der Waals surface area contributed by atoms with Gasteiger partial charge in [0.2, 0.25) is 5.82 Å². The molecule has 0 atom stereocenters. The fourth-order valence-corrected chi connectivity index (χ4v) is 3.97. The summed E-state index contributed by atoms with van der Waals surface area (Å²) in [5.41, 5.74) is 2.20. The van der Waals surface area contributed by atoms with Crippen LogP contribution in [-0.2, 0) is 13.0 Å². The van der Waals surface area contributed by atoms with Crippen LogP contribution in [0.3, 0.4) is 0 Å². The van der Waals surface area contributed by atoms with Gasteiger partial charge in [-0.15, -0.1) is 0 Å². The number of rotatable bonds is 10. The summed E-state index contributed by atoms with van der Waals surface area (Å²) >= 11 is 0. The lowest BCUT2D eigenvalue weighted by atomic mass is 9.82. The third-order valence-electron chi connectivity index (χ3n) is 4.77. The van der Waals surface area contributed by atoms with Crippen LogP contribution in [0.1, 0.15) is 72.1 Å². The highest BCUT2D eigenvalue weighted by Crippen LogP contribution is 2.37. The molecule has 6 nitrogen and oxygen atoms in total. The number of benzene rings is 1. The molecule has 2 N–H and O–H groups in total. The van der Waals surface area contributed by atoms with Crippen LogP contribution in [0.25, 0.3) is 0 Å². The van der Waals surface area contributed by atoms with E-state index in [0.717, 1.165) is 36.9 Å². The second-order valence-corrected chi connectivity index (χ2v) is 9.80. The summed E-state index contributed by atoms with van der Waals surface area (Å²) in [5.74, 6) is 0.346. The van der Waals surface area contributed by atoms with Crippen molar-refractivity contribution in [3.05, 3.63) is 57.8 Å². The smallest absolute Gasteiger partial charge is 0.334 e. The fraction of sp³-hybridized carbons (Fsp3) is 0.542. The van der Waals surface area contributed by atoms with Gasteiger partial charge in [-0.2, -0.15) is 0 Å². The molecule has 2 aromatic rings. The van der Waals surface area contributed by atoms with Gasteiger partial charge in [-0.05, 0) is 50.2 Å². The van der Waals surface area contributed by atoms with Crippen molar-refractivity contribution >= 4 is 17.2 Å². The minimum Gasteiger partial charge on any atom is -0.375 e. The molecule has 6 heteroatoms. The Morgan fingerprint density at radius 2 is 1.77 bits per heavy atom. The minimum atomic E-state index is -0.337. The monoisotopic (exact) mass is 412 g/mol. The van der Waals surface area contributed by atoms with E-state index in [2.05, 4.69) is 57.2 Å². The van der Waals surface area contributed by atoms with Crippen molar-refractivity contribution in [1.29, 1.82) is 0 Å². The molecule has 0 fully saturated rings. The van der Waals surface area contributed by atoms with Gasteiger partial charge in [0.05, 0.1) is 4.92 Å². The first-order valence-corrected chi connectivity index (χ1v) is 10.7. The highest BCUT2D eigenvalue weighted by molar-refractivity contribution is 5.74. The zero-order chi connectivity index (χ0) is 22.4. The van der Waals surface area contributed by atoms with Gasteiger partial charge < -0.3 is 10.6 Å². The molecule has 0 spiro atoms. The highest BCUT2D eigenvalue weighted by Gasteiger charge is 2.30. The molecule has 0 aliphatic heterocycles. The molecule has 0 saturated carbocycles. The first-order chi connectivity index (χ1) is 14.0. The third kappa shape index (κ3) is 7.32. The summed E-state index contributed by atoms with van der Waals surface area (Å²) < 4.78 is 0. The highest BCUT2D eigenvalue weighted by atomic mass is 16.6. The summed E-state index contributed by atoms with van der Waals surface area (Å²) in [6, 6.07) is 11.7. The number of nitrogens with one attached hydrogen (secondary N) is 2. The number of hydrogen-bond donors (Lipinski definition) is 2. The molecule has 0 amide bonds. The van der Waals surface area contributed by atoms with Gasteiger partial charge in [-0.3, -0.25) is 10.1 Å². The third-order valence-corrected chi connectivity index (χ3v) is 4.77. The van der Waals surface area contributed by atoms with Gasteiger partial charge in [0.25, 0.3) is 0 Å². The number of pyridine rings is 1. The zero-order valence-corrected chi connectivity index (χ0v) is 19.2. The first kappa shape index (κ1) is 23.6. The molecule has 1 heterocycles. The van der Waals surface area contributed by atoms with Crippen LogP contribution in [0.15, 0.2) is 36.4 Å². The van der Waals surface area contributed by atoms with Crippen molar-refractivity contribution < 1.29 is 4.92 Å². The van der Waals surface area contributed by atoms with E-state index >= 15 is 0 Å². The largest absolute Gasteiger partial charge is 0.375 e. The number of hydrogen-bond acceptors (Lipinski definition) is 5. The van der Waals surface area contributed by atoms with Crippen molar-refractivity contribution in [1.82, 2.24) is 4.98 Å². The van der Waals surface area contributed by atoms with E-state index in [0.29, 0.717) is 18.1 Å². The maximum Gasteiger partial charge on any atom is 0.334 e. The quantitative estimate of drug-likeness (QED) is 0.341. The lowest BCUT2D eigenvalue weighted by molar-refractivity contribution is -0.383. The molecule has 0 aliphatic carbocycles. The second-order valence-electron chi connectivity index (χ2n) is 9.80. The molecule has 0 saturated heterocycles. The van der Waals surface area contributed by atoms with Crippen LogP contribution in [0, 0.1) is 15.5 Å². The summed E-state index contributed by atoms with van der Waals surface area (Å²) in [6.07, 6.45) is 3.69. The number of aromatic nitrogens is 1. The predicted molar refractivity (Wildman–Crippen MR) is 125 cm³/mol. The average Bonchev–Trinajstić information content (AvgIpc) is 2.62. The molecule has 2 rings (SSSR count). The fourth-order valence-electron chi connectivity index (χ4n) is 3.97. The molecular weight excluding hydrogens is 376 g/mol. The Kier molecular flexibility index (Phi) is 7.82. The molecule has 0 aliphatic rings. The van der Waals surface area contributed by atoms with Crippen LogP contribution < -0.4 is 10.6 Å².